The molecule has 156 valence electrons. The minimum absolute atomic E-state index is 0.0490. The van der Waals surface area contributed by atoms with Crippen LogP contribution in [0.15, 0.2) is 17.1 Å². The smallest absolute Gasteiger partial charge is 0.416 e. The molecule has 0 saturated carbocycles. The summed E-state index contributed by atoms with van der Waals surface area (Å²) in [6, 6.07) is 0. The number of fused-ring (bicyclic) bond motifs is 1. The maximum absolute atomic E-state index is 12.6. The predicted octanol–water partition coefficient (Wildman–Crippen LogP) is 1.20. The van der Waals surface area contributed by atoms with Gasteiger partial charge in [0, 0.05) is 39.8 Å². The van der Waals surface area contributed by atoms with Gasteiger partial charge in [0.25, 0.3) is 0 Å². The molecule has 0 radical (unpaired) electrons. The fraction of sp³-hybridized carbons (Fsp3) is 0.562. The quantitative estimate of drug-likeness (QED) is 0.591. The molecule has 0 aromatic carbocycles. The van der Waals surface area contributed by atoms with Gasteiger partial charge in [-0.05, 0) is 0 Å². The molecule has 0 atom stereocenters. The van der Waals surface area contributed by atoms with Gasteiger partial charge in [-0.15, -0.1) is 10.2 Å². The van der Waals surface area contributed by atoms with Crippen LogP contribution in [0.1, 0.15) is 11.8 Å². The average Bonchev–Trinajstić information content (AvgIpc) is 3.34. The average molecular weight is 412 g/mol. The maximum Gasteiger partial charge on any atom is 0.470 e. The fourth-order valence-electron chi connectivity index (χ4n) is 3.19. The van der Waals surface area contributed by atoms with Crippen molar-refractivity contribution in [3.8, 4) is 0 Å². The van der Waals surface area contributed by atoms with Gasteiger partial charge < -0.3 is 18.6 Å². The van der Waals surface area contributed by atoms with Crippen LogP contribution in [0.3, 0.4) is 0 Å². The second-order valence-corrected chi connectivity index (χ2v) is 6.56. The summed E-state index contributed by atoms with van der Waals surface area (Å²) in [6.07, 6.45) is -1.41. The van der Waals surface area contributed by atoms with Crippen LogP contribution in [0.5, 0.6) is 0 Å². The molecule has 1 saturated heterocycles. The van der Waals surface area contributed by atoms with Crippen LogP contribution >= 0.6 is 0 Å². The summed E-state index contributed by atoms with van der Waals surface area (Å²) in [5.74, 6) is -0.631. The standard InChI is InChI=1S/C16H19F3N8O2/c1-28-7-6-27-10-22-12-13(20-9-21-14(12)27)26-4-2-25(3-5-26)8-11-23-24-15(29-11)16(17,18)19/h9-10H,2-8H2,1H3. The number of ether oxygens (including phenoxy) is 1. The SMILES string of the molecule is COCCn1cnc2c(N3CCN(Cc4nnc(C(F)(F)F)o4)CC3)ncnc21. The lowest BCUT2D eigenvalue weighted by Gasteiger charge is -2.34. The third-order valence-electron chi connectivity index (χ3n) is 4.66. The zero-order chi connectivity index (χ0) is 20.4. The molecule has 0 N–H and O–H groups in total. The third-order valence-corrected chi connectivity index (χ3v) is 4.66. The fourth-order valence-corrected chi connectivity index (χ4v) is 3.19. The molecule has 13 heteroatoms. The number of hydrogen-bond acceptors (Lipinski definition) is 9. The number of alkyl halides is 3. The van der Waals surface area contributed by atoms with Gasteiger partial charge in [-0.1, -0.05) is 0 Å². The highest BCUT2D eigenvalue weighted by Gasteiger charge is 2.38. The van der Waals surface area contributed by atoms with Crippen LogP contribution in [-0.4, -0.2) is 74.5 Å². The molecule has 0 spiro atoms. The van der Waals surface area contributed by atoms with Gasteiger partial charge in [0.2, 0.25) is 5.89 Å². The number of hydrogen-bond donors (Lipinski definition) is 0. The van der Waals surface area contributed by atoms with Gasteiger partial charge in [-0.25, -0.2) is 15.0 Å². The van der Waals surface area contributed by atoms with Crippen molar-refractivity contribution in [2.24, 2.45) is 0 Å². The van der Waals surface area contributed by atoms with Crippen molar-refractivity contribution in [1.29, 1.82) is 0 Å². The third kappa shape index (κ3) is 4.15. The second-order valence-electron chi connectivity index (χ2n) is 6.56. The van der Waals surface area contributed by atoms with E-state index in [4.69, 9.17) is 9.15 Å². The van der Waals surface area contributed by atoms with E-state index in [0.29, 0.717) is 44.8 Å². The van der Waals surface area contributed by atoms with E-state index >= 15 is 0 Å². The van der Waals surface area contributed by atoms with E-state index in [0.717, 1.165) is 11.5 Å². The number of rotatable bonds is 6. The molecular weight excluding hydrogens is 393 g/mol. The molecule has 1 aliphatic heterocycles. The Kier molecular flexibility index (Phi) is 5.32. The maximum atomic E-state index is 12.6. The Morgan fingerprint density at radius 2 is 1.90 bits per heavy atom. The van der Waals surface area contributed by atoms with Crippen molar-refractivity contribution in [2.75, 3.05) is 44.8 Å². The molecule has 10 nitrogen and oxygen atoms in total. The Balaban J connectivity index is 1.41. The summed E-state index contributed by atoms with van der Waals surface area (Å²) in [7, 11) is 1.64. The van der Waals surface area contributed by atoms with Crippen LogP contribution in [0, 0.1) is 0 Å². The van der Waals surface area contributed by atoms with Crippen LogP contribution in [0.4, 0.5) is 19.0 Å². The number of halogens is 3. The van der Waals surface area contributed by atoms with Crippen LogP contribution in [0.2, 0.25) is 0 Å². The first-order chi connectivity index (χ1) is 14.0. The first-order valence-corrected chi connectivity index (χ1v) is 8.97. The van der Waals surface area contributed by atoms with Gasteiger partial charge in [0.05, 0.1) is 19.5 Å². The molecule has 29 heavy (non-hydrogen) atoms. The Hall–Kier alpha value is -2.80. The highest BCUT2D eigenvalue weighted by Crippen LogP contribution is 2.28. The zero-order valence-corrected chi connectivity index (χ0v) is 15.6. The van der Waals surface area contributed by atoms with Gasteiger partial charge in [-0.2, -0.15) is 13.2 Å². The molecule has 1 fully saturated rings. The Labute approximate surface area is 163 Å². The molecule has 4 heterocycles. The topological polar surface area (TPSA) is 98.2 Å². The number of anilines is 1. The number of piperazine rings is 1. The van der Waals surface area contributed by atoms with Crippen molar-refractivity contribution in [3.63, 3.8) is 0 Å². The lowest BCUT2D eigenvalue weighted by molar-refractivity contribution is -0.157. The van der Waals surface area contributed by atoms with Gasteiger partial charge >= 0.3 is 12.1 Å². The number of methoxy groups -OCH3 is 1. The van der Waals surface area contributed by atoms with E-state index in [1.807, 2.05) is 9.47 Å². The van der Waals surface area contributed by atoms with Gasteiger partial charge in [-0.3, -0.25) is 4.90 Å². The highest BCUT2D eigenvalue weighted by atomic mass is 19.4. The second kappa shape index (κ2) is 7.91. The molecule has 4 rings (SSSR count). The molecule has 3 aromatic heterocycles. The monoisotopic (exact) mass is 412 g/mol. The van der Waals surface area contributed by atoms with E-state index in [1.165, 1.54) is 6.33 Å². The summed E-state index contributed by atoms with van der Waals surface area (Å²) in [6.45, 7) is 3.85. The van der Waals surface area contributed by atoms with E-state index in [1.54, 1.807) is 13.4 Å². The molecule has 1 aliphatic rings. The van der Waals surface area contributed by atoms with Crippen molar-refractivity contribution in [3.05, 3.63) is 24.4 Å². The van der Waals surface area contributed by atoms with Crippen LogP contribution in [-0.2, 0) is 24.0 Å². The van der Waals surface area contributed by atoms with Crippen molar-refractivity contribution in [1.82, 2.24) is 34.6 Å². The lowest BCUT2D eigenvalue weighted by Crippen LogP contribution is -2.46. The highest BCUT2D eigenvalue weighted by molar-refractivity contribution is 5.83. The number of nitrogens with zero attached hydrogens (tertiary/aromatic N) is 8. The van der Waals surface area contributed by atoms with E-state index in [9.17, 15) is 13.2 Å². The lowest BCUT2D eigenvalue weighted by atomic mass is 10.3. The first-order valence-electron chi connectivity index (χ1n) is 8.97. The Bertz CT molecular complexity index is 965. The minimum Gasteiger partial charge on any atom is -0.416 e. The molecule has 0 unspecified atom stereocenters. The van der Waals surface area contributed by atoms with Crippen LogP contribution < -0.4 is 4.90 Å². The first kappa shape index (κ1) is 19.5. The van der Waals surface area contributed by atoms with Gasteiger partial charge in [0.1, 0.15) is 6.33 Å². The predicted molar refractivity (Wildman–Crippen MR) is 94.0 cm³/mol. The molecule has 3 aromatic rings. The number of aromatic nitrogens is 6. The summed E-state index contributed by atoms with van der Waals surface area (Å²) in [5.41, 5.74) is 1.45. The summed E-state index contributed by atoms with van der Waals surface area (Å²) >= 11 is 0. The molecule has 0 bridgehead atoms. The van der Waals surface area contributed by atoms with Crippen LogP contribution in [0.25, 0.3) is 11.2 Å². The van der Waals surface area contributed by atoms with Crippen molar-refractivity contribution >= 4 is 17.0 Å². The summed E-state index contributed by atoms with van der Waals surface area (Å²) in [4.78, 5) is 17.2. The van der Waals surface area contributed by atoms with Crippen molar-refractivity contribution < 1.29 is 22.3 Å². The van der Waals surface area contributed by atoms with E-state index in [-0.39, 0.29) is 12.4 Å². The minimum atomic E-state index is -4.63. The van der Waals surface area contributed by atoms with E-state index in [2.05, 4.69) is 30.0 Å². The molecule has 0 aliphatic carbocycles. The number of imidazole rings is 1. The van der Waals surface area contributed by atoms with E-state index < -0.39 is 12.1 Å². The zero-order valence-electron chi connectivity index (χ0n) is 15.6. The molecule has 0 amide bonds. The van der Waals surface area contributed by atoms with Crippen molar-refractivity contribution in [2.45, 2.75) is 19.3 Å². The molecular formula is C16H19F3N8O2. The summed E-state index contributed by atoms with van der Waals surface area (Å²) < 4.78 is 49.4. The summed E-state index contributed by atoms with van der Waals surface area (Å²) in [5, 5.41) is 6.54. The largest absolute Gasteiger partial charge is 0.470 e. The Morgan fingerprint density at radius 1 is 1.10 bits per heavy atom. The van der Waals surface area contributed by atoms with Gasteiger partial charge in [0.15, 0.2) is 17.0 Å². The Morgan fingerprint density at radius 3 is 2.59 bits per heavy atom. The normalized spacial score (nSPS) is 16.1.